The van der Waals surface area contributed by atoms with Crippen LogP contribution in [0.25, 0.3) is 0 Å². The summed E-state index contributed by atoms with van der Waals surface area (Å²) in [5.41, 5.74) is 2.69. The Morgan fingerprint density at radius 2 is 1.84 bits per heavy atom. The number of hydrogen-bond donors (Lipinski definition) is 2. The van der Waals surface area contributed by atoms with Gasteiger partial charge in [0, 0.05) is 25.7 Å². The monoisotopic (exact) mass is 425 g/mol. The third-order valence-corrected chi connectivity index (χ3v) is 5.82. The molecule has 0 saturated carbocycles. The Balaban J connectivity index is 1.78. The molecule has 168 valence electrons. The molecular weight excluding hydrogens is 390 g/mol. The molecule has 1 heterocycles. The molecule has 0 aliphatic carbocycles. The number of anilines is 1. The highest BCUT2D eigenvalue weighted by Crippen LogP contribution is 2.27. The van der Waals surface area contributed by atoms with Crippen LogP contribution in [-0.2, 0) is 9.53 Å². The predicted molar refractivity (Wildman–Crippen MR) is 125 cm³/mol. The highest BCUT2D eigenvalue weighted by atomic mass is 16.5. The van der Waals surface area contributed by atoms with Crippen LogP contribution in [0.15, 0.2) is 48.5 Å². The van der Waals surface area contributed by atoms with Gasteiger partial charge in [-0.2, -0.15) is 0 Å². The fourth-order valence-corrected chi connectivity index (χ4v) is 4.07. The lowest BCUT2D eigenvalue weighted by atomic mass is 10.00. The number of methoxy groups -OCH3 is 1. The van der Waals surface area contributed by atoms with Gasteiger partial charge in [-0.3, -0.25) is 9.69 Å². The molecule has 2 N–H and O–H groups in total. The Kier molecular flexibility index (Phi) is 8.46. The Bertz CT molecular complexity index is 835. The number of rotatable bonds is 9. The van der Waals surface area contributed by atoms with Crippen LogP contribution in [0.4, 0.5) is 5.69 Å². The maximum atomic E-state index is 13.4. The lowest BCUT2D eigenvalue weighted by Gasteiger charge is -2.37. The summed E-state index contributed by atoms with van der Waals surface area (Å²) < 4.78 is 11.0. The Hall–Kier alpha value is -2.41. The summed E-state index contributed by atoms with van der Waals surface area (Å²) in [7, 11) is 1.61. The molecule has 31 heavy (non-hydrogen) atoms. The topological polar surface area (TPSA) is 62.8 Å². The number of morpholine rings is 1. The van der Waals surface area contributed by atoms with Gasteiger partial charge in [0.15, 0.2) is 0 Å². The number of amides is 1. The van der Waals surface area contributed by atoms with Gasteiger partial charge >= 0.3 is 0 Å². The Morgan fingerprint density at radius 3 is 2.48 bits per heavy atom. The molecule has 1 aliphatic rings. The first-order valence-electron chi connectivity index (χ1n) is 11.0. The lowest BCUT2D eigenvalue weighted by molar-refractivity contribution is -0.118. The van der Waals surface area contributed by atoms with Crippen molar-refractivity contribution in [2.24, 2.45) is 5.92 Å². The number of carbonyl (C=O) groups excluding carboxylic acids is 1. The van der Waals surface area contributed by atoms with Crippen molar-refractivity contribution in [3.8, 4) is 5.75 Å². The minimum atomic E-state index is -0.464. The molecule has 2 aromatic carbocycles. The van der Waals surface area contributed by atoms with Crippen LogP contribution in [0, 0.1) is 12.8 Å². The number of benzene rings is 2. The van der Waals surface area contributed by atoms with Crippen LogP contribution in [0.3, 0.4) is 0 Å². The summed E-state index contributed by atoms with van der Waals surface area (Å²) in [6.45, 7) is 10.6. The quantitative estimate of drug-likeness (QED) is 0.642. The second-order valence-electron chi connectivity index (χ2n) is 8.40. The fraction of sp³-hybridized carbons (Fsp3) is 0.480. The first-order valence-corrected chi connectivity index (χ1v) is 11.0. The highest BCUT2D eigenvalue weighted by Gasteiger charge is 2.27. The maximum absolute atomic E-state index is 13.4. The van der Waals surface area contributed by atoms with Crippen molar-refractivity contribution in [1.29, 1.82) is 0 Å². The molecule has 0 aromatic heterocycles. The molecule has 2 aromatic rings. The van der Waals surface area contributed by atoms with Crippen LogP contribution in [0.5, 0.6) is 5.75 Å². The van der Waals surface area contributed by atoms with Crippen molar-refractivity contribution in [3.63, 3.8) is 0 Å². The number of nitrogens with zero attached hydrogens (tertiary/aromatic N) is 1. The number of carbonyl (C=O) groups is 1. The van der Waals surface area contributed by atoms with E-state index in [2.05, 4.69) is 29.4 Å². The van der Waals surface area contributed by atoms with Gasteiger partial charge in [-0.15, -0.1) is 0 Å². The molecule has 0 spiro atoms. The van der Waals surface area contributed by atoms with E-state index in [1.54, 1.807) is 7.11 Å². The van der Waals surface area contributed by atoms with Gasteiger partial charge in [0.05, 0.1) is 26.0 Å². The van der Waals surface area contributed by atoms with Crippen LogP contribution in [-0.4, -0.2) is 56.8 Å². The molecule has 3 rings (SSSR count). The molecule has 6 nitrogen and oxygen atoms in total. The van der Waals surface area contributed by atoms with Gasteiger partial charge in [0.2, 0.25) is 5.91 Å². The van der Waals surface area contributed by atoms with Gasteiger partial charge in [-0.25, -0.2) is 0 Å². The largest absolute Gasteiger partial charge is 0.495 e. The summed E-state index contributed by atoms with van der Waals surface area (Å²) in [4.78, 5) is 15.9. The number of ether oxygens (including phenoxy) is 2. The van der Waals surface area contributed by atoms with Gasteiger partial charge in [-0.1, -0.05) is 50.2 Å². The molecule has 0 radical (unpaired) electrons. The zero-order valence-electron chi connectivity index (χ0n) is 19.1. The zero-order valence-corrected chi connectivity index (χ0v) is 19.1. The smallest absolute Gasteiger partial charge is 0.246 e. The summed E-state index contributed by atoms with van der Waals surface area (Å²) in [6, 6.07) is 15.5. The number of aryl methyl sites for hydroxylation is 1. The molecule has 2 atom stereocenters. The second-order valence-corrected chi connectivity index (χ2v) is 8.40. The second kappa shape index (κ2) is 11.3. The fourth-order valence-electron chi connectivity index (χ4n) is 4.07. The minimum Gasteiger partial charge on any atom is -0.495 e. The third-order valence-electron chi connectivity index (χ3n) is 5.82. The van der Waals surface area contributed by atoms with E-state index in [4.69, 9.17) is 9.47 Å². The molecule has 1 fully saturated rings. The number of hydrogen-bond acceptors (Lipinski definition) is 5. The van der Waals surface area contributed by atoms with Gasteiger partial charge in [0.25, 0.3) is 0 Å². The Morgan fingerprint density at radius 1 is 1.13 bits per heavy atom. The summed E-state index contributed by atoms with van der Waals surface area (Å²) in [6.07, 6.45) is 0. The average Bonchev–Trinajstić information content (AvgIpc) is 2.78. The van der Waals surface area contributed by atoms with Gasteiger partial charge in [-0.05, 0) is 36.1 Å². The zero-order chi connectivity index (χ0) is 22.2. The van der Waals surface area contributed by atoms with Crippen molar-refractivity contribution in [2.75, 3.05) is 45.3 Å². The molecule has 0 bridgehead atoms. The predicted octanol–water partition coefficient (Wildman–Crippen LogP) is 3.63. The summed E-state index contributed by atoms with van der Waals surface area (Å²) in [5, 5.41) is 6.62. The summed E-state index contributed by atoms with van der Waals surface area (Å²) >= 11 is 0. The minimum absolute atomic E-state index is 0.0976. The molecule has 1 saturated heterocycles. The molecular formula is C25H35N3O3. The normalized spacial score (nSPS) is 16.7. The van der Waals surface area contributed by atoms with Crippen LogP contribution in [0.2, 0.25) is 0 Å². The van der Waals surface area contributed by atoms with E-state index in [0.29, 0.717) is 23.4 Å². The van der Waals surface area contributed by atoms with E-state index in [1.165, 1.54) is 0 Å². The van der Waals surface area contributed by atoms with E-state index in [1.807, 2.05) is 55.5 Å². The summed E-state index contributed by atoms with van der Waals surface area (Å²) in [5.74, 6) is 1.01. The van der Waals surface area contributed by atoms with Crippen molar-refractivity contribution in [2.45, 2.75) is 32.9 Å². The molecule has 6 heteroatoms. The number of nitrogens with one attached hydrogen (secondary N) is 2. The van der Waals surface area contributed by atoms with Crippen molar-refractivity contribution in [1.82, 2.24) is 10.2 Å². The van der Waals surface area contributed by atoms with Crippen LogP contribution < -0.4 is 15.4 Å². The van der Waals surface area contributed by atoms with Crippen LogP contribution in [0.1, 0.15) is 31.0 Å². The third kappa shape index (κ3) is 6.29. The van der Waals surface area contributed by atoms with E-state index in [-0.39, 0.29) is 5.91 Å². The van der Waals surface area contributed by atoms with Crippen LogP contribution >= 0.6 is 0 Å². The van der Waals surface area contributed by atoms with Gasteiger partial charge < -0.3 is 20.1 Å². The molecule has 0 unspecified atom stereocenters. The SMILES string of the molecule is COc1ccc(C)cc1NC(=O)[C@@H](NC[C@H](C(C)C)N1CCOCC1)c1ccccc1. The van der Waals surface area contributed by atoms with Crippen molar-refractivity contribution >= 4 is 11.6 Å². The highest BCUT2D eigenvalue weighted by molar-refractivity contribution is 5.96. The van der Waals surface area contributed by atoms with Gasteiger partial charge in [0.1, 0.15) is 11.8 Å². The van der Waals surface area contributed by atoms with E-state index in [0.717, 1.165) is 44.0 Å². The molecule has 1 amide bonds. The van der Waals surface area contributed by atoms with E-state index < -0.39 is 6.04 Å². The molecule has 1 aliphatic heterocycles. The standard InChI is InChI=1S/C25H35N3O3/c1-18(2)22(28-12-14-31-15-13-28)17-26-24(20-8-6-5-7-9-20)25(29)27-21-16-19(3)10-11-23(21)30-4/h5-11,16,18,22,24,26H,12-15,17H2,1-4H3,(H,27,29)/t22-,24+/m1/s1. The van der Waals surface area contributed by atoms with E-state index >= 15 is 0 Å². The maximum Gasteiger partial charge on any atom is 0.246 e. The average molecular weight is 426 g/mol. The lowest BCUT2D eigenvalue weighted by Crippen LogP contribution is -2.51. The van der Waals surface area contributed by atoms with E-state index in [9.17, 15) is 4.79 Å². The first-order chi connectivity index (χ1) is 15.0. The Labute approximate surface area is 185 Å². The van der Waals surface area contributed by atoms with Crippen molar-refractivity contribution < 1.29 is 14.3 Å². The first kappa shape index (κ1) is 23.3. The van der Waals surface area contributed by atoms with Crippen molar-refractivity contribution in [3.05, 3.63) is 59.7 Å².